The van der Waals surface area contributed by atoms with Crippen LogP contribution in [0.5, 0.6) is 0 Å². The van der Waals surface area contributed by atoms with Gasteiger partial charge in [-0.2, -0.15) is 11.3 Å². The Morgan fingerprint density at radius 3 is 2.62 bits per heavy atom. The van der Waals surface area contributed by atoms with Gasteiger partial charge < -0.3 is 16.2 Å². The number of aliphatic carboxylic acids is 1. The Labute approximate surface area is 95.1 Å². The average molecular weight is 242 g/mol. The monoisotopic (exact) mass is 242 g/mol. The minimum Gasteiger partial charge on any atom is -0.480 e. The molecule has 0 aromatic carbocycles. The Balaban J connectivity index is 2.65. The highest BCUT2D eigenvalue weighted by Crippen LogP contribution is 2.06. The minimum absolute atomic E-state index is 0.362. The number of amides is 2. The quantitative estimate of drug-likeness (QED) is 0.664. The van der Waals surface area contributed by atoms with Crippen molar-refractivity contribution in [3.8, 4) is 0 Å². The highest BCUT2D eigenvalue weighted by molar-refractivity contribution is 7.08. The van der Waals surface area contributed by atoms with Gasteiger partial charge in [-0.05, 0) is 11.4 Å². The van der Waals surface area contributed by atoms with Crippen LogP contribution in [0.2, 0.25) is 0 Å². The molecule has 1 unspecified atom stereocenters. The molecule has 4 N–H and O–H groups in total. The van der Waals surface area contributed by atoms with Crippen LogP contribution in [0, 0.1) is 0 Å². The van der Waals surface area contributed by atoms with Crippen LogP contribution in [-0.2, 0) is 9.59 Å². The molecule has 0 bridgehead atoms. The molecule has 0 fully saturated rings. The van der Waals surface area contributed by atoms with Crippen molar-refractivity contribution >= 4 is 29.1 Å². The lowest BCUT2D eigenvalue weighted by Crippen LogP contribution is -2.43. The molecule has 2 amide bonds. The van der Waals surface area contributed by atoms with Crippen molar-refractivity contribution in [3.05, 3.63) is 22.4 Å². The Morgan fingerprint density at radius 2 is 2.19 bits per heavy atom. The molecule has 0 saturated carbocycles. The predicted octanol–water partition coefficient (Wildman–Crippen LogP) is -0.194. The molecule has 86 valence electrons. The van der Waals surface area contributed by atoms with Crippen molar-refractivity contribution in [2.45, 2.75) is 12.5 Å². The first-order valence-electron chi connectivity index (χ1n) is 4.35. The van der Waals surface area contributed by atoms with Crippen molar-refractivity contribution in [2.24, 2.45) is 5.73 Å². The lowest BCUT2D eigenvalue weighted by atomic mass is 10.2. The van der Waals surface area contributed by atoms with Gasteiger partial charge in [-0.15, -0.1) is 0 Å². The first-order chi connectivity index (χ1) is 7.50. The molecule has 16 heavy (non-hydrogen) atoms. The van der Waals surface area contributed by atoms with Crippen molar-refractivity contribution in [2.75, 3.05) is 0 Å². The van der Waals surface area contributed by atoms with E-state index in [-0.39, 0.29) is 0 Å². The molecule has 0 aliphatic rings. The molecule has 1 heterocycles. The minimum atomic E-state index is -1.29. The number of primary amides is 1. The zero-order chi connectivity index (χ0) is 12.1. The van der Waals surface area contributed by atoms with Gasteiger partial charge in [0.2, 0.25) is 5.91 Å². The molecule has 0 saturated heterocycles. The van der Waals surface area contributed by atoms with E-state index in [2.05, 4.69) is 5.32 Å². The second-order valence-electron chi connectivity index (χ2n) is 3.05. The number of rotatable bonds is 5. The van der Waals surface area contributed by atoms with Crippen LogP contribution in [0.4, 0.5) is 0 Å². The van der Waals surface area contributed by atoms with Crippen LogP contribution in [0.15, 0.2) is 16.8 Å². The molecule has 1 rings (SSSR count). The fourth-order valence-electron chi connectivity index (χ4n) is 1.04. The number of nitrogens with one attached hydrogen (secondary N) is 1. The Hall–Kier alpha value is -1.89. The molecular formula is C9H10N2O4S. The molecule has 1 aromatic rings. The topological polar surface area (TPSA) is 109 Å². The predicted molar refractivity (Wildman–Crippen MR) is 57.0 cm³/mol. The van der Waals surface area contributed by atoms with E-state index in [4.69, 9.17) is 10.8 Å². The third kappa shape index (κ3) is 3.35. The maximum Gasteiger partial charge on any atom is 0.326 e. The van der Waals surface area contributed by atoms with E-state index in [9.17, 15) is 14.4 Å². The second kappa shape index (κ2) is 5.26. The lowest BCUT2D eigenvalue weighted by Gasteiger charge is -2.11. The number of thiophene rings is 1. The van der Waals surface area contributed by atoms with E-state index in [1.54, 1.807) is 16.8 Å². The van der Waals surface area contributed by atoms with E-state index >= 15 is 0 Å². The summed E-state index contributed by atoms with van der Waals surface area (Å²) in [6.07, 6.45) is -0.425. The maximum absolute atomic E-state index is 11.5. The van der Waals surface area contributed by atoms with E-state index < -0.39 is 30.2 Å². The summed E-state index contributed by atoms with van der Waals surface area (Å²) in [5.74, 6) is -2.60. The van der Waals surface area contributed by atoms with Crippen LogP contribution >= 0.6 is 11.3 Å². The molecular weight excluding hydrogens is 232 g/mol. The Kier molecular flexibility index (Phi) is 4.01. The standard InChI is InChI=1S/C9H10N2O4S/c10-7(12)3-6(9(14)15)11-8(13)5-1-2-16-4-5/h1-2,4,6H,3H2,(H2,10,12)(H,11,13)(H,14,15). The number of carboxylic acids is 1. The number of hydrogen-bond acceptors (Lipinski definition) is 4. The molecule has 0 radical (unpaired) electrons. The smallest absolute Gasteiger partial charge is 0.326 e. The van der Waals surface area contributed by atoms with Crippen molar-refractivity contribution < 1.29 is 19.5 Å². The van der Waals surface area contributed by atoms with E-state index in [1.165, 1.54) is 11.3 Å². The van der Waals surface area contributed by atoms with Gasteiger partial charge in [0.25, 0.3) is 5.91 Å². The van der Waals surface area contributed by atoms with E-state index in [0.29, 0.717) is 5.56 Å². The second-order valence-corrected chi connectivity index (χ2v) is 3.83. The van der Waals surface area contributed by atoms with Crippen LogP contribution < -0.4 is 11.1 Å². The largest absolute Gasteiger partial charge is 0.480 e. The summed E-state index contributed by atoms with van der Waals surface area (Å²) in [4.78, 5) is 32.8. The van der Waals surface area contributed by atoms with Crippen LogP contribution in [-0.4, -0.2) is 28.9 Å². The fraction of sp³-hybridized carbons (Fsp3) is 0.222. The number of carbonyl (C=O) groups excluding carboxylic acids is 2. The highest BCUT2D eigenvalue weighted by Gasteiger charge is 2.22. The van der Waals surface area contributed by atoms with Gasteiger partial charge in [-0.1, -0.05) is 0 Å². The van der Waals surface area contributed by atoms with E-state index in [1.807, 2.05) is 0 Å². The Morgan fingerprint density at radius 1 is 1.50 bits per heavy atom. The first-order valence-corrected chi connectivity index (χ1v) is 5.29. The number of carboxylic acid groups (broad SMARTS) is 1. The number of carbonyl (C=O) groups is 3. The van der Waals surface area contributed by atoms with Crippen LogP contribution in [0.1, 0.15) is 16.8 Å². The number of hydrogen-bond donors (Lipinski definition) is 3. The normalized spacial score (nSPS) is 11.8. The van der Waals surface area contributed by atoms with Crippen LogP contribution in [0.25, 0.3) is 0 Å². The summed E-state index contributed by atoms with van der Waals surface area (Å²) in [5.41, 5.74) is 5.24. The fourth-order valence-corrected chi connectivity index (χ4v) is 1.67. The molecule has 1 atom stereocenters. The first kappa shape index (κ1) is 12.2. The zero-order valence-corrected chi connectivity index (χ0v) is 8.99. The van der Waals surface area contributed by atoms with Crippen molar-refractivity contribution in [1.82, 2.24) is 5.32 Å². The zero-order valence-electron chi connectivity index (χ0n) is 8.17. The third-order valence-corrected chi connectivity index (χ3v) is 2.48. The summed E-state index contributed by atoms with van der Waals surface area (Å²) in [5, 5.41) is 14.2. The van der Waals surface area contributed by atoms with Gasteiger partial charge in [0.15, 0.2) is 0 Å². The molecule has 1 aromatic heterocycles. The van der Waals surface area contributed by atoms with Gasteiger partial charge in [0.1, 0.15) is 6.04 Å². The molecule has 0 spiro atoms. The van der Waals surface area contributed by atoms with Crippen molar-refractivity contribution in [3.63, 3.8) is 0 Å². The summed E-state index contributed by atoms with van der Waals surface area (Å²) in [6, 6.07) is 0.272. The van der Waals surface area contributed by atoms with Gasteiger partial charge in [0, 0.05) is 5.38 Å². The summed E-state index contributed by atoms with van der Waals surface area (Å²) < 4.78 is 0. The van der Waals surface area contributed by atoms with Gasteiger partial charge in [0.05, 0.1) is 12.0 Å². The molecule has 6 nitrogen and oxygen atoms in total. The highest BCUT2D eigenvalue weighted by atomic mass is 32.1. The van der Waals surface area contributed by atoms with Gasteiger partial charge in [-0.25, -0.2) is 4.79 Å². The number of nitrogens with two attached hydrogens (primary N) is 1. The Bertz CT molecular complexity index is 402. The molecule has 0 aliphatic carbocycles. The van der Waals surface area contributed by atoms with Gasteiger partial charge in [-0.3, -0.25) is 9.59 Å². The SMILES string of the molecule is NC(=O)CC(NC(=O)c1ccsc1)C(=O)O. The summed E-state index contributed by atoms with van der Waals surface area (Å²) >= 11 is 1.32. The summed E-state index contributed by atoms with van der Waals surface area (Å²) in [7, 11) is 0. The van der Waals surface area contributed by atoms with Crippen molar-refractivity contribution in [1.29, 1.82) is 0 Å². The van der Waals surface area contributed by atoms with Crippen LogP contribution in [0.3, 0.4) is 0 Å². The summed E-state index contributed by atoms with van der Waals surface area (Å²) in [6.45, 7) is 0. The average Bonchev–Trinajstić information content (AvgIpc) is 2.68. The molecule has 0 aliphatic heterocycles. The molecule has 7 heteroatoms. The van der Waals surface area contributed by atoms with Gasteiger partial charge >= 0.3 is 5.97 Å². The lowest BCUT2D eigenvalue weighted by molar-refractivity contribution is -0.140. The van der Waals surface area contributed by atoms with E-state index in [0.717, 1.165) is 0 Å². The maximum atomic E-state index is 11.5. The third-order valence-electron chi connectivity index (χ3n) is 1.79.